The van der Waals surface area contributed by atoms with Crippen LogP contribution >= 0.6 is 27.7 Å². The quantitative estimate of drug-likeness (QED) is 0.616. The van der Waals surface area contributed by atoms with Crippen molar-refractivity contribution < 1.29 is 4.79 Å². The van der Waals surface area contributed by atoms with Gasteiger partial charge in [-0.05, 0) is 42.0 Å². The van der Waals surface area contributed by atoms with Crippen molar-refractivity contribution in [2.24, 2.45) is 0 Å². The minimum atomic E-state index is -0.158. The molecule has 3 aromatic rings. The Balaban J connectivity index is 1.42. The van der Waals surface area contributed by atoms with Gasteiger partial charge in [-0.15, -0.1) is 0 Å². The monoisotopic (exact) mass is 456 g/mol. The Kier molecular flexibility index (Phi) is 6.14. The highest BCUT2D eigenvalue weighted by molar-refractivity contribution is 9.10. The topological polar surface area (TPSA) is 50.2 Å². The summed E-state index contributed by atoms with van der Waals surface area (Å²) in [6.07, 6.45) is 3.33. The van der Waals surface area contributed by atoms with Crippen LogP contribution in [-0.4, -0.2) is 45.2 Å². The van der Waals surface area contributed by atoms with Crippen LogP contribution in [0.5, 0.6) is 0 Å². The number of carbonyl (C=O) groups excluding carboxylic acids is 1. The summed E-state index contributed by atoms with van der Waals surface area (Å²) in [4.78, 5) is 15.1. The van der Waals surface area contributed by atoms with Gasteiger partial charge in [-0.2, -0.15) is 16.9 Å². The lowest BCUT2D eigenvalue weighted by molar-refractivity contribution is 0.102. The third-order valence-corrected chi connectivity index (χ3v) is 6.10. The predicted octanol–water partition coefficient (Wildman–Crippen LogP) is 4.44. The maximum atomic E-state index is 12.6. The molecule has 1 aliphatic heterocycles. The SMILES string of the molecule is O=C(Nc1cccc(CN2CCSCC2)c1)c1cnn(-c2ccc(Br)cc2)c1. The standard InChI is InChI=1S/C21H21BrN4OS/c22-18-4-6-20(7-5-18)26-15-17(13-23-26)21(27)24-19-3-1-2-16(12-19)14-25-8-10-28-11-9-25/h1-7,12-13,15H,8-11,14H2,(H,24,27). The highest BCUT2D eigenvalue weighted by atomic mass is 79.9. The molecule has 7 heteroatoms. The molecule has 0 aliphatic carbocycles. The fourth-order valence-electron chi connectivity index (χ4n) is 3.14. The van der Waals surface area contributed by atoms with Crippen LogP contribution in [0.2, 0.25) is 0 Å². The third-order valence-electron chi connectivity index (χ3n) is 4.63. The molecule has 1 saturated heterocycles. The number of halogens is 1. The molecule has 28 heavy (non-hydrogen) atoms. The van der Waals surface area contributed by atoms with Crippen molar-refractivity contribution in [3.63, 3.8) is 0 Å². The van der Waals surface area contributed by atoms with Gasteiger partial charge in [0.25, 0.3) is 5.91 Å². The van der Waals surface area contributed by atoms with Gasteiger partial charge >= 0.3 is 0 Å². The zero-order valence-electron chi connectivity index (χ0n) is 15.3. The second-order valence-electron chi connectivity index (χ2n) is 6.69. The number of hydrogen-bond acceptors (Lipinski definition) is 4. The zero-order chi connectivity index (χ0) is 19.3. The Labute approximate surface area is 177 Å². The average molecular weight is 457 g/mol. The number of anilines is 1. The number of aromatic nitrogens is 2. The van der Waals surface area contributed by atoms with Crippen LogP contribution in [0.4, 0.5) is 5.69 Å². The molecule has 0 unspecified atom stereocenters. The van der Waals surface area contributed by atoms with Gasteiger partial charge in [0.05, 0.1) is 17.4 Å². The minimum Gasteiger partial charge on any atom is -0.322 e. The van der Waals surface area contributed by atoms with Crippen molar-refractivity contribution in [2.45, 2.75) is 6.54 Å². The predicted molar refractivity (Wildman–Crippen MR) is 118 cm³/mol. The molecule has 1 N–H and O–H groups in total. The Hall–Kier alpha value is -2.09. The van der Waals surface area contributed by atoms with Crippen LogP contribution in [0, 0.1) is 0 Å². The molecule has 4 rings (SSSR count). The van der Waals surface area contributed by atoms with E-state index in [0.29, 0.717) is 5.56 Å². The maximum Gasteiger partial charge on any atom is 0.258 e. The molecule has 1 aliphatic rings. The molecular formula is C21H21BrN4OS. The van der Waals surface area contributed by atoms with E-state index in [4.69, 9.17) is 0 Å². The number of hydrogen-bond donors (Lipinski definition) is 1. The van der Waals surface area contributed by atoms with E-state index in [1.54, 1.807) is 17.1 Å². The second-order valence-corrected chi connectivity index (χ2v) is 8.83. The summed E-state index contributed by atoms with van der Waals surface area (Å²) in [5.74, 6) is 2.23. The second kappa shape index (κ2) is 8.94. The van der Waals surface area contributed by atoms with Crippen LogP contribution in [0.15, 0.2) is 65.4 Å². The van der Waals surface area contributed by atoms with Crippen LogP contribution in [0.3, 0.4) is 0 Å². The van der Waals surface area contributed by atoms with Crippen molar-refractivity contribution in [1.29, 1.82) is 0 Å². The molecule has 0 spiro atoms. The molecule has 144 valence electrons. The molecule has 5 nitrogen and oxygen atoms in total. The highest BCUT2D eigenvalue weighted by Crippen LogP contribution is 2.18. The fourth-order valence-corrected chi connectivity index (χ4v) is 4.39. The van der Waals surface area contributed by atoms with Crippen LogP contribution in [0.25, 0.3) is 5.69 Å². The molecule has 1 fully saturated rings. The molecule has 2 heterocycles. The van der Waals surface area contributed by atoms with E-state index in [2.05, 4.69) is 43.4 Å². The molecular weight excluding hydrogens is 436 g/mol. The summed E-state index contributed by atoms with van der Waals surface area (Å²) >= 11 is 5.43. The Morgan fingerprint density at radius 3 is 2.71 bits per heavy atom. The molecule has 1 amide bonds. The molecule has 0 bridgehead atoms. The number of benzene rings is 2. The summed E-state index contributed by atoms with van der Waals surface area (Å²) < 4.78 is 2.70. The van der Waals surface area contributed by atoms with E-state index in [9.17, 15) is 4.79 Å². The van der Waals surface area contributed by atoms with Crippen LogP contribution in [0.1, 0.15) is 15.9 Å². The number of rotatable bonds is 5. The van der Waals surface area contributed by atoms with Gasteiger partial charge in [-0.3, -0.25) is 9.69 Å². The average Bonchev–Trinajstić information content (AvgIpc) is 3.20. The number of thioether (sulfide) groups is 1. The van der Waals surface area contributed by atoms with Crippen molar-refractivity contribution in [1.82, 2.24) is 14.7 Å². The summed E-state index contributed by atoms with van der Waals surface area (Å²) in [6.45, 7) is 3.17. The van der Waals surface area contributed by atoms with Gasteiger partial charge in [-0.1, -0.05) is 28.1 Å². The fraction of sp³-hybridized carbons (Fsp3) is 0.238. The summed E-state index contributed by atoms with van der Waals surface area (Å²) in [6, 6.07) is 15.9. The van der Waals surface area contributed by atoms with Gasteiger partial charge in [0.15, 0.2) is 0 Å². The van der Waals surface area contributed by atoms with Gasteiger partial charge in [0, 0.05) is 47.5 Å². The van der Waals surface area contributed by atoms with Crippen molar-refractivity contribution in [3.8, 4) is 5.69 Å². The van der Waals surface area contributed by atoms with E-state index in [-0.39, 0.29) is 5.91 Å². The normalized spacial score (nSPS) is 14.8. The Morgan fingerprint density at radius 2 is 1.93 bits per heavy atom. The van der Waals surface area contributed by atoms with E-state index >= 15 is 0 Å². The summed E-state index contributed by atoms with van der Waals surface area (Å²) in [5, 5.41) is 7.29. The van der Waals surface area contributed by atoms with Gasteiger partial charge in [0.2, 0.25) is 0 Å². The lowest BCUT2D eigenvalue weighted by atomic mass is 10.2. The zero-order valence-corrected chi connectivity index (χ0v) is 17.7. The van der Waals surface area contributed by atoms with Crippen molar-refractivity contribution >= 4 is 39.3 Å². The van der Waals surface area contributed by atoms with E-state index in [0.717, 1.165) is 35.5 Å². The molecule has 0 atom stereocenters. The first kappa shape index (κ1) is 19.2. The molecule has 2 aromatic carbocycles. The number of nitrogens with one attached hydrogen (secondary N) is 1. The lowest BCUT2D eigenvalue weighted by Gasteiger charge is -2.26. The first-order chi connectivity index (χ1) is 13.7. The Bertz CT molecular complexity index is 951. The highest BCUT2D eigenvalue weighted by Gasteiger charge is 2.13. The van der Waals surface area contributed by atoms with Crippen LogP contribution < -0.4 is 5.32 Å². The van der Waals surface area contributed by atoms with Gasteiger partial charge < -0.3 is 5.32 Å². The summed E-state index contributed by atoms with van der Waals surface area (Å²) in [5.41, 5.74) is 3.46. The van der Waals surface area contributed by atoms with E-state index < -0.39 is 0 Å². The molecule has 0 saturated carbocycles. The van der Waals surface area contributed by atoms with Gasteiger partial charge in [0.1, 0.15) is 0 Å². The number of nitrogens with zero attached hydrogens (tertiary/aromatic N) is 3. The maximum absolute atomic E-state index is 12.6. The third kappa shape index (κ3) is 4.84. The largest absolute Gasteiger partial charge is 0.322 e. The van der Waals surface area contributed by atoms with Crippen molar-refractivity contribution in [3.05, 3.63) is 76.5 Å². The summed E-state index contributed by atoms with van der Waals surface area (Å²) in [7, 11) is 0. The smallest absolute Gasteiger partial charge is 0.258 e. The first-order valence-electron chi connectivity index (χ1n) is 9.18. The minimum absolute atomic E-state index is 0.158. The molecule has 0 radical (unpaired) electrons. The number of carbonyl (C=O) groups is 1. The molecule has 1 aromatic heterocycles. The van der Waals surface area contributed by atoms with E-state index in [1.807, 2.05) is 48.2 Å². The van der Waals surface area contributed by atoms with Gasteiger partial charge in [-0.25, -0.2) is 4.68 Å². The lowest BCUT2D eigenvalue weighted by Crippen LogP contribution is -2.31. The van der Waals surface area contributed by atoms with Crippen molar-refractivity contribution in [2.75, 3.05) is 29.9 Å². The van der Waals surface area contributed by atoms with E-state index in [1.165, 1.54) is 17.1 Å². The Morgan fingerprint density at radius 1 is 1.14 bits per heavy atom. The van der Waals surface area contributed by atoms with Crippen LogP contribution in [-0.2, 0) is 6.54 Å². The first-order valence-corrected chi connectivity index (χ1v) is 11.1. The number of amides is 1.